The summed E-state index contributed by atoms with van der Waals surface area (Å²) in [6.45, 7) is 4.34. The van der Waals surface area contributed by atoms with Gasteiger partial charge < -0.3 is 19.7 Å². The van der Waals surface area contributed by atoms with E-state index < -0.39 is 0 Å². The fourth-order valence-electron chi connectivity index (χ4n) is 5.57. The summed E-state index contributed by atoms with van der Waals surface area (Å²) < 4.78 is 11.0. The van der Waals surface area contributed by atoms with Crippen molar-refractivity contribution in [2.75, 3.05) is 26.3 Å². The smallest absolute Gasteiger partial charge is 0.308 e. The van der Waals surface area contributed by atoms with Gasteiger partial charge in [0.2, 0.25) is 5.91 Å². The molecule has 4 heterocycles. The number of carbonyl (C=O) groups is 2. The molecule has 4 aliphatic heterocycles. The summed E-state index contributed by atoms with van der Waals surface area (Å²) in [5, 5.41) is 3.53. The maximum Gasteiger partial charge on any atom is 0.308 e. The summed E-state index contributed by atoms with van der Waals surface area (Å²) in [5.41, 5.74) is 3.32. The van der Waals surface area contributed by atoms with Crippen LogP contribution in [0.4, 0.5) is 0 Å². The van der Waals surface area contributed by atoms with E-state index in [1.807, 2.05) is 24.0 Å². The van der Waals surface area contributed by atoms with Crippen molar-refractivity contribution in [3.8, 4) is 5.75 Å². The second-order valence-corrected chi connectivity index (χ2v) is 9.73. The number of hydrogen-bond acceptors (Lipinski definition) is 6. The Morgan fingerprint density at radius 3 is 3.14 bits per heavy atom. The van der Waals surface area contributed by atoms with E-state index in [0.717, 1.165) is 62.2 Å². The number of fused-ring (bicyclic) bond motifs is 2. The molecule has 1 amide bonds. The number of carbonyl (C=O) groups excluding carboxylic acids is 2. The molecule has 0 aromatic heterocycles. The fraction of sp³-hybridized carbons (Fsp3) is 0.536. The number of nitrogens with one attached hydrogen (secondary N) is 1. The van der Waals surface area contributed by atoms with Crippen LogP contribution in [0.2, 0.25) is 0 Å². The van der Waals surface area contributed by atoms with Gasteiger partial charge in [0.1, 0.15) is 11.6 Å². The molecule has 4 aliphatic rings. The Kier molecular flexibility index (Phi) is 7.21. The summed E-state index contributed by atoms with van der Waals surface area (Å²) in [5.74, 6) is 1.75. The second-order valence-electron chi connectivity index (χ2n) is 9.73. The lowest BCUT2D eigenvalue weighted by Gasteiger charge is -2.28. The molecule has 35 heavy (non-hydrogen) atoms. The van der Waals surface area contributed by atoms with Crippen LogP contribution in [0, 0.1) is 5.92 Å². The first-order valence-corrected chi connectivity index (χ1v) is 13.0. The highest BCUT2D eigenvalue weighted by Gasteiger charge is 2.37. The van der Waals surface area contributed by atoms with Crippen molar-refractivity contribution < 1.29 is 19.1 Å². The lowest BCUT2D eigenvalue weighted by atomic mass is 9.96. The van der Waals surface area contributed by atoms with Crippen LogP contribution >= 0.6 is 0 Å². The first-order chi connectivity index (χ1) is 17.1. The Balaban J connectivity index is 1.21. The lowest BCUT2D eigenvalue weighted by molar-refractivity contribution is -0.145. The van der Waals surface area contributed by atoms with E-state index in [2.05, 4.69) is 34.6 Å². The van der Waals surface area contributed by atoms with Gasteiger partial charge in [-0.15, -0.1) is 0 Å². The van der Waals surface area contributed by atoms with Crippen molar-refractivity contribution >= 4 is 17.7 Å². The summed E-state index contributed by atoms with van der Waals surface area (Å²) >= 11 is 0. The van der Waals surface area contributed by atoms with Crippen molar-refractivity contribution in [3.63, 3.8) is 0 Å². The molecule has 2 unspecified atom stereocenters. The lowest BCUT2D eigenvalue weighted by Crippen LogP contribution is -2.38. The second kappa shape index (κ2) is 10.7. The number of esters is 1. The van der Waals surface area contributed by atoms with E-state index in [9.17, 15) is 9.59 Å². The monoisotopic (exact) mass is 477 g/mol. The minimum Gasteiger partial charge on any atom is -0.493 e. The highest BCUT2D eigenvalue weighted by Crippen LogP contribution is 2.37. The Morgan fingerprint density at radius 2 is 2.26 bits per heavy atom. The van der Waals surface area contributed by atoms with Gasteiger partial charge in [-0.05, 0) is 49.8 Å². The largest absolute Gasteiger partial charge is 0.493 e. The molecular formula is C28H35N3O4. The number of likely N-dealkylation sites (tertiary alicyclic amines) is 1. The maximum atomic E-state index is 13.4. The minimum absolute atomic E-state index is 0.000390. The third-order valence-electron chi connectivity index (χ3n) is 7.43. The van der Waals surface area contributed by atoms with Crippen LogP contribution in [0.5, 0.6) is 5.75 Å². The minimum atomic E-state index is -0.321. The number of dihydropyridines is 1. The first-order valence-electron chi connectivity index (χ1n) is 13.0. The predicted octanol–water partition coefficient (Wildman–Crippen LogP) is 3.89. The Labute approximate surface area is 207 Å². The van der Waals surface area contributed by atoms with E-state index >= 15 is 0 Å². The number of hydrogen-bond donors (Lipinski definition) is 1. The van der Waals surface area contributed by atoms with E-state index in [1.54, 1.807) is 0 Å². The molecule has 5 rings (SSSR count). The average Bonchev–Trinajstić information content (AvgIpc) is 3.49. The molecule has 0 saturated carbocycles. The maximum absolute atomic E-state index is 13.4. The highest BCUT2D eigenvalue weighted by molar-refractivity contribution is 6.02. The highest BCUT2D eigenvalue weighted by atomic mass is 16.5. The Morgan fingerprint density at radius 1 is 1.34 bits per heavy atom. The number of amidine groups is 1. The number of benzene rings is 1. The summed E-state index contributed by atoms with van der Waals surface area (Å²) in [6.07, 6.45) is 12.3. The molecular weight excluding hydrogens is 442 g/mol. The molecule has 0 bridgehead atoms. The molecule has 0 radical (unpaired) electrons. The van der Waals surface area contributed by atoms with Crippen LogP contribution in [-0.4, -0.2) is 55.0 Å². The number of ether oxygens (including phenoxy) is 2. The van der Waals surface area contributed by atoms with Crippen LogP contribution in [0.25, 0.3) is 0 Å². The van der Waals surface area contributed by atoms with Gasteiger partial charge in [0.25, 0.3) is 0 Å². The molecule has 1 N–H and O–H groups in total. The van der Waals surface area contributed by atoms with Crippen molar-refractivity contribution in [2.45, 2.75) is 64.0 Å². The summed E-state index contributed by atoms with van der Waals surface area (Å²) in [7, 11) is 0. The molecule has 0 aliphatic carbocycles. The molecule has 0 spiro atoms. The zero-order chi connectivity index (χ0) is 24.2. The van der Waals surface area contributed by atoms with Gasteiger partial charge in [0.15, 0.2) is 0 Å². The van der Waals surface area contributed by atoms with Crippen LogP contribution in [-0.2, 0) is 20.7 Å². The summed E-state index contributed by atoms with van der Waals surface area (Å²) in [6, 6.07) is 6.05. The average molecular weight is 478 g/mol. The zero-order valence-corrected chi connectivity index (χ0v) is 20.5. The van der Waals surface area contributed by atoms with Crippen molar-refractivity contribution in [2.24, 2.45) is 10.9 Å². The van der Waals surface area contributed by atoms with Crippen molar-refractivity contribution in [3.05, 3.63) is 53.1 Å². The van der Waals surface area contributed by atoms with Gasteiger partial charge in [0.05, 0.1) is 25.7 Å². The van der Waals surface area contributed by atoms with Gasteiger partial charge in [-0.2, -0.15) is 0 Å². The van der Waals surface area contributed by atoms with E-state index in [0.29, 0.717) is 19.8 Å². The van der Waals surface area contributed by atoms with Gasteiger partial charge >= 0.3 is 5.97 Å². The predicted molar refractivity (Wildman–Crippen MR) is 134 cm³/mol. The van der Waals surface area contributed by atoms with Gasteiger partial charge in [0, 0.05) is 37.0 Å². The van der Waals surface area contributed by atoms with E-state index in [4.69, 9.17) is 9.47 Å². The van der Waals surface area contributed by atoms with Crippen LogP contribution in [0.1, 0.15) is 62.6 Å². The fourth-order valence-corrected chi connectivity index (χ4v) is 5.57. The molecule has 1 saturated heterocycles. The number of rotatable bonds is 9. The quantitative estimate of drug-likeness (QED) is 0.546. The van der Waals surface area contributed by atoms with Crippen LogP contribution in [0.15, 0.2) is 47.0 Å². The molecule has 1 aromatic rings. The first kappa shape index (κ1) is 23.6. The van der Waals surface area contributed by atoms with E-state index in [1.165, 1.54) is 11.1 Å². The normalized spacial score (nSPS) is 23.6. The van der Waals surface area contributed by atoms with E-state index in [-0.39, 0.29) is 36.3 Å². The number of nitrogens with zero attached hydrogens (tertiary/aromatic N) is 2. The third-order valence-corrected chi connectivity index (χ3v) is 7.43. The standard InChI is InChI=1S/C28H35N3O4/c1-2-34-26(32)18-24(22-9-8-19-13-16-35-25(19)17-22)31-15-12-21(28(31)33)5-3-7-23-11-10-20-6-4-14-29-27(20)30-23/h6,8-11,17,21,23-24H,2-5,7,12-16,18H2,1H3,(H,29,30)/t21?,23-,24?/m1/s1. The molecule has 7 nitrogen and oxygen atoms in total. The number of amides is 1. The Bertz CT molecular complexity index is 1060. The van der Waals surface area contributed by atoms with Crippen LogP contribution < -0.4 is 10.1 Å². The van der Waals surface area contributed by atoms with Crippen molar-refractivity contribution in [1.29, 1.82) is 0 Å². The molecule has 1 fully saturated rings. The Hall–Kier alpha value is -3.09. The molecule has 7 heteroatoms. The summed E-state index contributed by atoms with van der Waals surface area (Å²) in [4.78, 5) is 32.4. The van der Waals surface area contributed by atoms with Gasteiger partial charge in [-0.3, -0.25) is 14.6 Å². The molecule has 3 atom stereocenters. The molecule has 186 valence electrons. The number of aliphatic imine (C=N–C) groups is 1. The third kappa shape index (κ3) is 5.29. The molecule has 1 aromatic carbocycles. The topological polar surface area (TPSA) is 80.2 Å². The van der Waals surface area contributed by atoms with Gasteiger partial charge in [-0.25, -0.2) is 0 Å². The van der Waals surface area contributed by atoms with Crippen LogP contribution in [0.3, 0.4) is 0 Å². The van der Waals surface area contributed by atoms with Crippen molar-refractivity contribution in [1.82, 2.24) is 10.2 Å². The SMILES string of the molecule is CCOC(=O)CC(c1ccc2c(c1)OCC2)N1CCC(CCC[C@@H]2C=CC3=CCCN=C3N2)C1=O. The zero-order valence-electron chi connectivity index (χ0n) is 20.5. The van der Waals surface area contributed by atoms with Gasteiger partial charge in [-0.1, -0.05) is 36.8 Å².